The van der Waals surface area contributed by atoms with Gasteiger partial charge in [0, 0.05) is 32.1 Å². The summed E-state index contributed by atoms with van der Waals surface area (Å²) in [4.78, 5) is 14.3. The Balaban J connectivity index is 2.00. The molecule has 0 aliphatic carbocycles. The molecule has 1 aromatic carbocycles. The molecule has 4 heteroatoms. The Bertz CT molecular complexity index is 462. The molecule has 0 spiro atoms. The van der Waals surface area contributed by atoms with Crippen LogP contribution < -0.4 is 10.1 Å². The lowest BCUT2D eigenvalue weighted by molar-refractivity contribution is -0.132. The lowest BCUT2D eigenvalue weighted by Crippen LogP contribution is -2.51. The zero-order valence-corrected chi connectivity index (χ0v) is 12.6. The average Bonchev–Trinajstić information content (AvgIpc) is 2.47. The molecule has 1 aliphatic rings. The van der Waals surface area contributed by atoms with Crippen molar-refractivity contribution in [3.63, 3.8) is 0 Å². The molecule has 4 nitrogen and oxygen atoms in total. The molecule has 2 rings (SSSR count). The first-order chi connectivity index (χ1) is 9.61. The summed E-state index contributed by atoms with van der Waals surface area (Å²) < 4.78 is 5.38. The molecule has 1 heterocycles. The summed E-state index contributed by atoms with van der Waals surface area (Å²) in [6.07, 6.45) is 0.535. The molecule has 1 fully saturated rings. The van der Waals surface area contributed by atoms with E-state index in [1.54, 1.807) is 7.11 Å². The Labute approximate surface area is 121 Å². The van der Waals surface area contributed by atoms with Crippen LogP contribution in [0.25, 0.3) is 0 Å². The second-order valence-corrected chi connectivity index (χ2v) is 5.54. The highest BCUT2D eigenvalue weighted by Gasteiger charge is 2.23. The first kappa shape index (κ1) is 14.9. The predicted molar refractivity (Wildman–Crippen MR) is 80.1 cm³/mol. The number of piperazine rings is 1. The van der Waals surface area contributed by atoms with Crippen molar-refractivity contribution in [2.75, 3.05) is 26.7 Å². The zero-order valence-electron chi connectivity index (χ0n) is 12.6. The summed E-state index contributed by atoms with van der Waals surface area (Å²) in [7, 11) is 1.67. The minimum atomic E-state index is 0.170. The van der Waals surface area contributed by atoms with Gasteiger partial charge in [-0.25, -0.2) is 0 Å². The van der Waals surface area contributed by atoms with Gasteiger partial charge in [0.05, 0.1) is 7.11 Å². The standard InChI is InChI=1S/C16H24N2O2/c1-12(14-6-4-5-7-15(14)20-3)10-16(19)18-9-8-17-13(2)11-18/h4-7,12-13,17H,8-11H2,1-3H3. The number of methoxy groups -OCH3 is 1. The van der Waals surface area contributed by atoms with Crippen molar-refractivity contribution in [3.8, 4) is 5.75 Å². The largest absolute Gasteiger partial charge is 0.496 e. The van der Waals surface area contributed by atoms with E-state index >= 15 is 0 Å². The van der Waals surface area contributed by atoms with Gasteiger partial charge in [0.15, 0.2) is 0 Å². The number of nitrogens with zero attached hydrogens (tertiary/aromatic N) is 1. The molecular formula is C16H24N2O2. The van der Waals surface area contributed by atoms with Crippen LogP contribution in [0.5, 0.6) is 5.75 Å². The van der Waals surface area contributed by atoms with Gasteiger partial charge in [-0.2, -0.15) is 0 Å². The van der Waals surface area contributed by atoms with Crippen molar-refractivity contribution in [2.45, 2.75) is 32.2 Å². The number of benzene rings is 1. The Hall–Kier alpha value is -1.55. The van der Waals surface area contributed by atoms with Gasteiger partial charge in [-0.3, -0.25) is 4.79 Å². The van der Waals surface area contributed by atoms with Crippen molar-refractivity contribution >= 4 is 5.91 Å². The predicted octanol–water partition coefficient (Wildman–Crippen LogP) is 2.01. The van der Waals surface area contributed by atoms with E-state index in [1.807, 2.05) is 29.2 Å². The molecular weight excluding hydrogens is 252 g/mol. The van der Waals surface area contributed by atoms with Gasteiger partial charge < -0.3 is 15.0 Å². The molecule has 0 radical (unpaired) electrons. The molecule has 0 bridgehead atoms. The van der Waals surface area contributed by atoms with Gasteiger partial charge in [-0.05, 0) is 24.5 Å². The minimum Gasteiger partial charge on any atom is -0.496 e. The van der Waals surface area contributed by atoms with Crippen LogP contribution >= 0.6 is 0 Å². The molecule has 2 unspecified atom stereocenters. The fourth-order valence-corrected chi connectivity index (χ4v) is 2.73. The Morgan fingerprint density at radius 1 is 1.50 bits per heavy atom. The quantitative estimate of drug-likeness (QED) is 0.914. The maximum atomic E-state index is 12.4. The van der Waals surface area contributed by atoms with Gasteiger partial charge in [0.1, 0.15) is 5.75 Å². The summed E-state index contributed by atoms with van der Waals surface area (Å²) in [6, 6.07) is 8.32. The van der Waals surface area contributed by atoms with Crippen LogP contribution in [0.4, 0.5) is 0 Å². The van der Waals surface area contributed by atoms with Crippen molar-refractivity contribution in [3.05, 3.63) is 29.8 Å². The fraction of sp³-hybridized carbons (Fsp3) is 0.562. The molecule has 1 saturated heterocycles. The van der Waals surface area contributed by atoms with E-state index in [-0.39, 0.29) is 11.8 Å². The summed E-state index contributed by atoms with van der Waals surface area (Å²) >= 11 is 0. The minimum absolute atomic E-state index is 0.170. The third-order valence-corrected chi connectivity index (χ3v) is 3.87. The summed E-state index contributed by atoms with van der Waals surface area (Å²) in [5.41, 5.74) is 1.10. The van der Waals surface area contributed by atoms with Gasteiger partial charge in [0.25, 0.3) is 0 Å². The van der Waals surface area contributed by atoms with Gasteiger partial charge in [0.2, 0.25) is 5.91 Å². The van der Waals surface area contributed by atoms with E-state index in [0.717, 1.165) is 30.9 Å². The van der Waals surface area contributed by atoms with E-state index in [9.17, 15) is 4.79 Å². The van der Waals surface area contributed by atoms with Gasteiger partial charge in [-0.1, -0.05) is 25.1 Å². The molecule has 0 aromatic heterocycles. The number of para-hydroxylation sites is 1. The monoisotopic (exact) mass is 276 g/mol. The molecule has 20 heavy (non-hydrogen) atoms. The second-order valence-electron chi connectivity index (χ2n) is 5.54. The number of hydrogen-bond donors (Lipinski definition) is 1. The van der Waals surface area contributed by atoms with Crippen LogP contribution in [0.3, 0.4) is 0 Å². The van der Waals surface area contributed by atoms with Crippen molar-refractivity contribution in [1.29, 1.82) is 0 Å². The van der Waals surface area contributed by atoms with Crippen LogP contribution in [-0.4, -0.2) is 43.6 Å². The number of carbonyl (C=O) groups excluding carboxylic acids is 1. The van der Waals surface area contributed by atoms with Gasteiger partial charge >= 0.3 is 0 Å². The maximum absolute atomic E-state index is 12.4. The highest BCUT2D eigenvalue weighted by atomic mass is 16.5. The zero-order chi connectivity index (χ0) is 14.5. The molecule has 0 saturated carbocycles. The Morgan fingerprint density at radius 3 is 2.95 bits per heavy atom. The van der Waals surface area contributed by atoms with Crippen molar-refractivity contribution in [1.82, 2.24) is 10.2 Å². The summed E-state index contributed by atoms with van der Waals surface area (Å²) in [5, 5.41) is 3.36. The first-order valence-electron chi connectivity index (χ1n) is 7.26. The molecule has 110 valence electrons. The molecule has 1 N–H and O–H groups in total. The Kier molecular flexibility index (Phi) is 5.01. The molecule has 1 amide bonds. The normalized spacial score (nSPS) is 20.6. The highest BCUT2D eigenvalue weighted by Crippen LogP contribution is 2.28. The third kappa shape index (κ3) is 3.51. The van der Waals surface area contributed by atoms with Crippen LogP contribution in [0.15, 0.2) is 24.3 Å². The van der Waals surface area contributed by atoms with Gasteiger partial charge in [-0.15, -0.1) is 0 Å². The lowest BCUT2D eigenvalue weighted by Gasteiger charge is -2.32. The molecule has 1 aromatic rings. The summed E-state index contributed by atoms with van der Waals surface area (Å²) in [5.74, 6) is 1.27. The Morgan fingerprint density at radius 2 is 2.25 bits per heavy atom. The highest BCUT2D eigenvalue weighted by molar-refractivity contribution is 5.77. The average molecular weight is 276 g/mol. The lowest BCUT2D eigenvalue weighted by atomic mass is 9.96. The van der Waals surface area contributed by atoms with E-state index in [2.05, 4.69) is 19.2 Å². The van der Waals surface area contributed by atoms with Crippen LogP contribution in [0.2, 0.25) is 0 Å². The topological polar surface area (TPSA) is 41.6 Å². The van der Waals surface area contributed by atoms with E-state index in [1.165, 1.54) is 0 Å². The smallest absolute Gasteiger partial charge is 0.223 e. The summed E-state index contributed by atoms with van der Waals surface area (Å²) in [6.45, 7) is 6.69. The molecule has 1 aliphatic heterocycles. The van der Waals surface area contributed by atoms with E-state index < -0.39 is 0 Å². The SMILES string of the molecule is COc1ccccc1C(C)CC(=O)N1CCNC(C)C1. The number of nitrogens with one attached hydrogen (secondary N) is 1. The number of hydrogen-bond acceptors (Lipinski definition) is 3. The number of carbonyl (C=O) groups is 1. The number of ether oxygens (including phenoxy) is 1. The van der Waals surface area contributed by atoms with Crippen LogP contribution in [-0.2, 0) is 4.79 Å². The van der Waals surface area contributed by atoms with Crippen LogP contribution in [0, 0.1) is 0 Å². The second kappa shape index (κ2) is 6.75. The van der Waals surface area contributed by atoms with E-state index in [4.69, 9.17) is 4.74 Å². The maximum Gasteiger partial charge on any atom is 0.223 e. The first-order valence-corrected chi connectivity index (χ1v) is 7.26. The third-order valence-electron chi connectivity index (χ3n) is 3.87. The van der Waals surface area contributed by atoms with Crippen molar-refractivity contribution < 1.29 is 9.53 Å². The fourth-order valence-electron chi connectivity index (χ4n) is 2.73. The number of rotatable bonds is 4. The number of amides is 1. The molecule has 2 atom stereocenters. The van der Waals surface area contributed by atoms with E-state index in [0.29, 0.717) is 12.5 Å². The van der Waals surface area contributed by atoms with Crippen molar-refractivity contribution in [2.24, 2.45) is 0 Å². The van der Waals surface area contributed by atoms with Crippen LogP contribution in [0.1, 0.15) is 31.7 Å².